The van der Waals surface area contributed by atoms with E-state index < -0.39 is 11.8 Å². The minimum absolute atomic E-state index is 0.00967. The molecule has 8 heteroatoms. The molecule has 0 bridgehead atoms. The monoisotopic (exact) mass is 379 g/mol. The lowest BCUT2D eigenvalue weighted by atomic mass is 10.1. The van der Waals surface area contributed by atoms with E-state index in [-0.39, 0.29) is 23.9 Å². The molecular weight excluding hydrogens is 350 g/mol. The number of ether oxygens (including phenoxy) is 2. The first-order valence-electron chi connectivity index (χ1n) is 9.13. The summed E-state index contributed by atoms with van der Waals surface area (Å²) in [7, 11) is 0. The van der Waals surface area contributed by atoms with Crippen LogP contribution in [0.4, 0.5) is 9.59 Å². The molecular formula is C19H29N3O5. The van der Waals surface area contributed by atoms with Crippen LogP contribution in [-0.2, 0) is 4.74 Å². The molecule has 2 rings (SSSR count). The van der Waals surface area contributed by atoms with E-state index in [1.54, 1.807) is 24.0 Å². The number of nitrogens with one attached hydrogen (secondary N) is 2. The summed E-state index contributed by atoms with van der Waals surface area (Å²) < 4.78 is 10.9. The summed E-state index contributed by atoms with van der Waals surface area (Å²) in [6.45, 7) is 8.32. The van der Waals surface area contributed by atoms with Gasteiger partial charge in [0.25, 0.3) is 0 Å². The predicted octanol–water partition coefficient (Wildman–Crippen LogP) is 2.82. The van der Waals surface area contributed by atoms with E-state index in [1.807, 2.05) is 20.8 Å². The van der Waals surface area contributed by atoms with Crippen LogP contribution in [0.1, 0.15) is 40.5 Å². The molecule has 1 aliphatic heterocycles. The molecule has 1 heterocycles. The maximum absolute atomic E-state index is 12.1. The van der Waals surface area contributed by atoms with E-state index in [0.29, 0.717) is 31.7 Å². The summed E-state index contributed by atoms with van der Waals surface area (Å²) in [4.78, 5) is 25.8. The van der Waals surface area contributed by atoms with Crippen LogP contribution >= 0.6 is 0 Å². The highest BCUT2D eigenvalue weighted by Gasteiger charge is 2.27. The molecule has 1 unspecified atom stereocenters. The number of carbonyl (C=O) groups excluding carboxylic acids is 2. The number of nitrogens with zero attached hydrogens (tertiary/aromatic N) is 1. The van der Waals surface area contributed by atoms with Gasteiger partial charge in [-0.15, -0.1) is 0 Å². The van der Waals surface area contributed by atoms with Crippen molar-refractivity contribution in [3.05, 3.63) is 24.3 Å². The van der Waals surface area contributed by atoms with Crippen molar-refractivity contribution in [2.24, 2.45) is 0 Å². The van der Waals surface area contributed by atoms with Crippen LogP contribution in [0.3, 0.4) is 0 Å². The molecule has 0 aliphatic carbocycles. The minimum atomic E-state index is -0.531. The van der Waals surface area contributed by atoms with Gasteiger partial charge in [-0.05, 0) is 64.8 Å². The number of likely N-dealkylation sites (tertiary alicyclic amines) is 1. The summed E-state index contributed by atoms with van der Waals surface area (Å²) in [5, 5.41) is 14.9. The first-order valence-corrected chi connectivity index (χ1v) is 9.13. The topological polar surface area (TPSA) is 100 Å². The molecule has 1 fully saturated rings. The van der Waals surface area contributed by atoms with Gasteiger partial charge in [-0.25, -0.2) is 9.59 Å². The molecule has 150 valence electrons. The Morgan fingerprint density at radius 1 is 1.19 bits per heavy atom. The number of carbonyl (C=O) groups is 2. The fraction of sp³-hybridized carbons (Fsp3) is 0.579. The lowest BCUT2D eigenvalue weighted by Crippen LogP contribution is -2.51. The molecule has 1 aromatic rings. The normalized spacial score (nSPS) is 16.4. The molecule has 1 aromatic carbocycles. The molecule has 0 radical (unpaired) electrons. The molecule has 0 aromatic heterocycles. The largest absolute Gasteiger partial charge is 0.508 e. The van der Waals surface area contributed by atoms with Crippen molar-refractivity contribution in [3.63, 3.8) is 0 Å². The Labute approximate surface area is 159 Å². The predicted molar refractivity (Wildman–Crippen MR) is 101 cm³/mol. The lowest BCUT2D eigenvalue weighted by Gasteiger charge is -2.33. The fourth-order valence-electron chi connectivity index (χ4n) is 2.70. The van der Waals surface area contributed by atoms with Crippen LogP contribution < -0.4 is 15.4 Å². The van der Waals surface area contributed by atoms with Gasteiger partial charge in [0, 0.05) is 19.1 Å². The Balaban J connectivity index is 1.71. The molecule has 0 saturated carbocycles. The molecule has 1 atom stereocenters. The molecule has 1 aliphatic rings. The Kier molecular flexibility index (Phi) is 6.76. The number of phenolic OH excluding ortho intramolecular Hbond substituents is 1. The number of phenols is 1. The third-order valence-electron chi connectivity index (χ3n) is 3.97. The first-order chi connectivity index (χ1) is 12.6. The molecule has 8 nitrogen and oxygen atoms in total. The van der Waals surface area contributed by atoms with Crippen LogP contribution in [-0.4, -0.2) is 53.1 Å². The second-order valence-corrected chi connectivity index (χ2v) is 7.61. The van der Waals surface area contributed by atoms with Crippen molar-refractivity contribution in [2.45, 2.75) is 58.4 Å². The van der Waals surface area contributed by atoms with Crippen molar-refractivity contribution >= 4 is 12.1 Å². The SMILES string of the molecule is CC(NC(=O)NC1CCN(C(=O)OC(C)(C)C)CC1)Oc1ccc(O)cc1. The standard InChI is InChI=1S/C19H29N3O5/c1-13(26-16-7-5-15(23)6-8-16)20-17(24)21-14-9-11-22(12-10-14)18(25)27-19(2,3)4/h5-8,13-14,23H,9-12H2,1-4H3,(H2,20,21,24). The minimum Gasteiger partial charge on any atom is -0.508 e. The van der Waals surface area contributed by atoms with Crippen LogP contribution in [0.25, 0.3) is 0 Å². The van der Waals surface area contributed by atoms with E-state index in [9.17, 15) is 14.7 Å². The Hall–Kier alpha value is -2.64. The number of urea groups is 1. The quantitative estimate of drug-likeness (QED) is 0.699. The van der Waals surface area contributed by atoms with Gasteiger partial charge in [-0.3, -0.25) is 0 Å². The molecule has 3 N–H and O–H groups in total. The zero-order chi connectivity index (χ0) is 20.0. The van der Waals surface area contributed by atoms with Crippen molar-refractivity contribution < 1.29 is 24.2 Å². The van der Waals surface area contributed by atoms with Gasteiger partial charge in [0.1, 0.15) is 17.1 Å². The van der Waals surface area contributed by atoms with Gasteiger partial charge in [-0.1, -0.05) is 0 Å². The van der Waals surface area contributed by atoms with Gasteiger partial charge in [-0.2, -0.15) is 0 Å². The summed E-state index contributed by atoms with van der Waals surface area (Å²) >= 11 is 0. The highest BCUT2D eigenvalue weighted by Crippen LogP contribution is 2.17. The van der Waals surface area contributed by atoms with E-state index >= 15 is 0 Å². The smallest absolute Gasteiger partial charge is 0.410 e. The second kappa shape index (κ2) is 8.83. The van der Waals surface area contributed by atoms with E-state index in [0.717, 1.165) is 0 Å². The third kappa shape index (κ3) is 7.24. The number of hydrogen-bond donors (Lipinski definition) is 3. The van der Waals surface area contributed by atoms with Gasteiger partial charge in [0.15, 0.2) is 6.23 Å². The van der Waals surface area contributed by atoms with Gasteiger partial charge in [0.05, 0.1) is 0 Å². The van der Waals surface area contributed by atoms with Crippen LogP contribution in [0, 0.1) is 0 Å². The summed E-state index contributed by atoms with van der Waals surface area (Å²) in [6.07, 6.45) is 0.484. The first kappa shape index (κ1) is 20.7. The summed E-state index contributed by atoms with van der Waals surface area (Å²) in [5.74, 6) is 0.699. The molecule has 27 heavy (non-hydrogen) atoms. The van der Waals surface area contributed by atoms with Crippen LogP contribution in [0.2, 0.25) is 0 Å². The van der Waals surface area contributed by atoms with Gasteiger partial charge >= 0.3 is 12.1 Å². The number of piperidine rings is 1. The molecule has 1 saturated heterocycles. The Bertz CT molecular complexity index is 634. The number of amides is 3. The van der Waals surface area contributed by atoms with Crippen molar-refractivity contribution in [3.8, 4) is 11.5 Å². The average molecular weight is 379 g/mol. The maximum Gasteiger partial charge on any atom is 0.410 e. The van der Waals surface area contributed by atoms with E-state index in [4.69, 9.17) is 9.47 Å². The molecule has 3 amide bonds. The highest BCUT2D eigenvalue weighted by atomic mass is 16.6. The highest BCUT2D eigenvalue weighted by molar-refractivity contribution is 5.74. The maximum atomic E-state index is 12.1. The van der Waals surface area contributed by atoms with Crippen LogP contribution in [0.5, 0.6) is 11.5 Å². The van der Waals surface area contributed by atoms with Crippen LogP contribution in [0.15, 0.2) is 24.3 Å². The number of rotatable bonds is 4. The van der Waals surface area contributed by atoms with Crippen molar-refractivity contribution in [2.75, 3.05) is 13.1 Å². The van der Waals surface area contributed by atoms with E-state index in [1.165, 1.54) is 12.1 Å². The van der Waals surface area contributed by atoms with E-state index in [2.05, 4.69) is 10.6 Å². The fourth-order valence-corrected chi connectivity index (χ4v) is 2.70. The third-order valence-corrected chi connectivity index (χ3v) is 3.97. The molecule has 0 spiro atoms. The number of benzene rings is 1. The number of hydrogen-bond acceptors (Lipinski definition) is 5. The van der Waals surface area contributed by atoms with Crippen molar-refractivity contribution in [1.82, 2.24) is 15.5 Å². The number of aromatic hydroxyl groups is 1. The van der Waals surface area contributed by atoms with Gasteiger partial charge in [0.2, 0.25) is 0 Å². The zero-order valence-corrected chi connectivity index (χ0v) is 16.3. The Morgan fingerprint density at radius 2 is 1.78 bits per heavy atom. The van der Waals surface area contributed by atoms with Gasteiger partial charge < -0.3 is 30.1 Å². The summed E-state index contributed by atoms with van der Waals surface area (Å²) in [6, 6.07) is 5.94. The average Bonchev–Trinajstić information content (AvgIpc) is 2.56. The zero-order valence-electron chi connectivity index (χ0n) is 16.3. The second-order valence-electron chi connectivity index (χ2n) is 7.61. The van der Waals surface area contributed by atoms with Crippen molar-refractivity contribution in [1.29, 1.82) is 0 Å². The lowest BCUT2D eigenvalue weighted by molar-refractivity contribution is 0.0201. The summed E-state index contributed by atoms with van der Waals surface area (Å²) in [5.41, 5.74) is -0.514. The Morgan fingerprint density at radius 3 is 2.33 bits per heavy atom.